The summed E-state index contributed by atoms with van der Waals surface area (Å²) in [6.45, 7) is 0.395. The first-order valence-corrected chi connectivity index (χ1v) is 7.22. The Morgan fingerprint density at radius 3 is 2.61 bits per heavy atom. The molecule has 0 atom stereocenters. The van der Waals surface area contributed by atoms with Crippen LogP contribution >= 0.6 is 0 Å². The van der Waals surface area contributed by atoms with Gasteiger partial charge in [-0.15, -0.1) is 0 Å². The van der Waals surface area contributed by atoms with Gasteiger partial charge in [-0.05, 0) is 36.4 Å². The van der Waals surface area contributed by atoms with Crippen LogP contribution in [0.25, 0.3) is 0 Å². The summed E-state index contributed by atoms with van der Waals surface area (Å²) in [7, 11) is 0. The number of rotatable bonds is 5. The number of aliphatic imine (C=N–C) groups is 1. The molecule has 0 saturated heterocycles. The number of furan rings is 1. The Morgan fingerprint density at radius 1 is 1.00 bits per heavy atom. The van der Waals surface area contributed by atoms with Gasteiger partial charge in [0.25, 0.3) is 0 Å². The zero-order chi connectivity index (χ0) is 15.9. The molecule has 5 nitrogen and oxygen atoms in total. The van der Waals surface area contributed by atoms with E-state index in [-0.39, 0.29) is 0 Å². The van der Waals surface area contributed by atoms with Crippen LogP contribution in [-0.4, -0.2) is 5.96 Å². The van der Waals surface area contributed by atoms with Crippen molar-refractivity contribution in [2.45, 2.75) is 6.54 Å². The van der Waals surface area contributed by atoms with Crippen LogP contribution in [0.5, 0.6) is 11.5 Å². The second kappa shape index (κ2) is 7.17. The Bertz CT molecular complexity index is 768. The number of ether oxygens (including phenoxy) is 1. The fraction of sp³-hybridized carbons (Fsp3) is 0.0556. The van der Waals surface area contributed by atoms with E-state index >= 15 is 0 Å². The summed E-state index contributed by atoms with van der Waals surface area (Å²) in [5.74, 6) is 2.58. The highest BCUT2D eigenvalue weighted by Gasteiger charge is 2.01. The minimum atomic E-state index is 0.318. The minimum absolute atomic E-state index is 0.318. The standard InChI is InChI=1S/C18H17N3O2/c19-18(20-13-17-10-5-11-22-17)21-14-6-4-9-16(12-14)23-15-7-2-1-3-8-15/h1-12H,13H2,(H3,19,20,21). The van der Waals surface area contributed by atoms with Crippen molar-refractivity contribution < 1.29 is 9.15 Å². The second-order valence-electron chi connectivity index (χ2n) is 4.85. The number of guanidine groups is 1. The average Bonchev–Trinajstić information content (AvgIpc) is 3.08. The molecular formula is C18H17N3O2. The molecule has 0 spiro atoms. The number of nitrogens with two attached hydrogens (primary N) is 1. The van der Waals surface area contributed by atoms with Crippen LogP contribution in [0, 0.1) is 0 Å². The second-order valence-corrected chi connectivity index (χ2v) is 4.85. The lowest BCUT2D eigenvalue weighted by atomic mass is 10.3. The normalized spacial score (nSPS) is 11.2. The molecule has 0 unspecified atom stereocenters. The third-order valence-corrected chi connectivity index (χ3v) is 3.07. The smallest absolute Gasteiger partial charge is 0.193 e. The van der Waals surface area contributed by atoms with E-state index < -0.39 is 0 Å². The molecule has 0 fully saturated rings. The Hall–Kier alpha value is -3.21. The van der Waals surface area contributed by atoms with E-state index in [0.717, 1.165) is 22.9 Å². The van der Waals surface area contributed by atoms with Gasteiger partial charge in [-0.25, -0.2) is 4.99 Å². The van der Waals surface area contributed by atoms with E-state index in [0.29, 0.717) is 12.5 Å². The van der Waals surface area contributed by atoms with Crippen LogP contribution in [-0.2, 0) is 6.54 Å². The van der Waals surface area contributed by atoms with Crippen LogP contribution in [0.1, 0.15) is 5.76 Å². The number of nitrogens with one attached hydrogen (secondary N) is 1. The summed E-state index contributed by atoms with van der Waals surface area (Å²) in [6.07, 6.45) is 1.61. The largest absolute Gasteiger partial charge is 0.467 e. The molecule has 0 aliphatic carbocycles. The van der Waals surface area contributed by atoms with Gasteiger partial charge in [-0.1, -0.05) is 24.3 Å². The Morgan fingerprint density at radius 2 is 1.83 bits per heavy atom. The van der Waals surface area contributed by atoms with E-state index in [1.54, 1.807) is 6.26 Å². The van der Waals surface area contributed by atoms with Gasteiger partial charge in [0, 0.05) is 11.8 Å². The van der Waals surface area contributed by atoms with Crippen molar-refractivity contribution in [3.8, 4) is 11.5 Å². The maximum absolute atomic E-state index is 5.88. The van der Waals surface area contributed by atoms with Crippen LogP contribution < -0.4 is 15.8 Å². The molecule has 0 aliphatic heterocycles. The fourth-order valence-corrected chi connectivity index (χ4v) is 2.02. The summed E-state index contributed by atoms with van der Waals surface area (Å²) in [5.41, 5.74) is 6.69. The number of hydrogen-bond donors (Lipinski definition) is 2. The Balaban J connectivity index is 1.64. The van der Waals surface area contributed by atoms with E-state index in [2.05, 4.69) is 10.3 Å². The van der Waals surface area contributed by atoms with Crippen molar-refractivity contribution in [3.63, 3.8) is 0 Å². The molecular weight excluding hydrogens is 290 g/mol. The van der Waals surface area contributed by atoms with E-state index in [1.165, 1.54) is 0 Å². The molecule has 2 aromatic carbocycles. The zero-order valence-electron chi connectivity index (χ0n) is 12.5. The van der Waals surface area contributed by atoms with E-state index in [1.807, 2.05) is 66.7 Å². The maximum Gasteiger partial charge on any atom is 0.193 e. The van der Waals surface area contributed by atoms with Crippen molar-refractivity contribution in [2.24, 2.45) is 10.7 Å². The van der Waals surface area contributed by atoms with Crippen LogP contribution in [0.2, 0.25) is 0 Å². The lowest BCUT2D eigenvalue weighted by Crippen LogP contribution is -2.22. The number of benzene rings is 2. The van der Waals surface area contributed by atoms with Crippen LogP contribution in [0.15, 0.2) is 82.4 Å². The Labute approximate surface area is 134 Å². The van der Waals surface area contributed by atoms with Crippen LogP contribution in [0.4, 0.5) is 5.69 Å². The maximum atomic E-state index is 5.88. The summed E-state index contributed by atoms with van der Waals surface area (Å²) in [5, 5.41) is 3.04. The third kappa shape index (κ3) is 4.38. The third-order valence-electron chi connectivity index (χ3n) is 3.07. The summed E-state index contributed by atoms with van der Waals surface area (Å²) >= 11 is 0. The lowest BCUT2D eigenvalue weighted by Gasteiger charge is -2.09. The molecule has 3 N–H and O–H groups in total. The van der Waals surface area contributed by atoms with Crippen molar-refractivity contribution in [1.82, 2.24) is 0 Å². The highest BCUT2D eigenvalue weighted by molar-refractivity contribution is 5.92. The predicted octanol–water partition coefficient (Wildman–Crippen LogP) is 4.00. The molecule has 3 aromatic rings. The van der Waals surface area contributed by atoms with Gasteiger partial charge in [-0.3, -0.25) is 0 Å². The molecule has 5 heteroatoms. The first-order chi connectivity index (χ1) is 11.3. The quantitative estimate of drug-likeness (QED) is 0.552. The van der Waals surface area contributed by atoms with Gasteiger partial charge in [0.2, 0.25) is 0 Å². The van der Waals surface area contributed by atoms with E-state index in [9.17, 15) is 0 Å². The summed E-state index contributed by atoms with van der Waals surface area (Å²) in [6, 6.07) is 20.8. The molecule has 0 saturated carbocycles. The minimum Gasteiger partial charge on any atom is -0.467 e. The molecule has 0 radical (unpaired) electrons. The van der Waals surface area contributed by atoms with Gasteiger partial charge < -0.3 is 20.2 Å². The Kier molecular flexibility index (Phi) is 4.59. The first-order valence-electron chi connectivity index (χ1n) is 7.22. The van der Waals surface area contributed by atoms with Gasteiger partial charge >= 0.3 is 0 Å². The molecule has 0 aliphatic rings. The first kappa shape index (κ1) is 14.7. The van der Waals surface area contributed by atoms with Gasteiger partial charge in [-0.2, -0.15) is 0 Å². The monoisotopic (exact) mass is 307 g/mol. The predicted molar refractivity (Wildman–Crippen MR) is 90.6 cm³/mol. The van der Waals surface area contributed by atoms with Gasteiger partial charge in [0.1, 0.15) is 23.8 Å². The number of para-hydroxylation sites is 1. The molecule has 1 heterocycles. The molecule has 0 bridgehead atoms. The zero-order valence-corrected chi connectivity index (χ0v) is 12.5. The van der Waals surface area contributed by atoms with Crippen molar-refractivity contribution in [2.75, 3.05) is 5.32 Å². The number of nitrogens with zero attached hydrogens (tertiary/aromatic N) is 1. The van der Waals surface area contributed by atoms with Gasteiger partial charge in [0.15, 0.2) is 5.96 Å². The molecule has 3 rings (SSSR count). The summed E-state index contributed by atoms with van der Waals surface area (Å²) < 4.78 is 11.0. The topological polar surface area (TPSA) is 72.8 Å². The highest BCUT2D eigenvalue weighted by Crippen LogP contribution is 2.23. The number of anilines is 1. The SMILES string of the molecule is NC(=NCc1ccco1)Nc1cccc(Oc2ccccc2)c1. The summed E-state index contributed by atoms with van der Waals surface area (Å²) in [4.78, 5) is 4.22. The molecule has 23 heavy (non-hydrogen) atoms. The molecule has 116 valence electrons. The van der Waals surface area contributed by atoms with Crippen LogP contribution in [0.3, 0.4) is 0 Å². The average molecular weight is 307 g/mol. The van der Waals surface area contributed by atoms with Crippen molar-refractivity contribution in [3.05, 3.63) is 78.8 Å². The fourth-order valence-electron chi connectivity index (χ4n) is 2.02. The number of hydrogen-bond acceptors (Lipinski definition) is 3. The van der Waals surface area contributed by atoms with E-state index in [4.69, 9.17) is 14.9 Å². The molecule has 1 aromatic heterocycles. The van der Waals surface area contributed by atoms with Gasteiger partial charge in [0.05, 0.1) is 6.26 Å². The molecule has 0 amide bonds. The lowest BCUT2D eigenvalue weighted by molar-refractivity contribution is 0.483. The van der Waals surface area contributed by atoms with Crippen molar-refractivity contribution in [1.29, 1.82) is 0 Å². The van der Waals surface area contributed by atoms with Crippen molar-refractivity contribution >= 4 is 11.6 Å². The highest BCUT2D eigenvalue weighted by atomic mass is 16.5.